The van der Waals surface area contributed by atoms with E-state index in [-0.39, 0.29) is 6.23 Å². The zero-order valence-corrected chi connectivity index (χ0v) is 7.87. The molecule has 2 aliphatic rings. The van der Waals surface area contributed by atoms with E-state index in [0.29, 0.717) is 12.4 Å². The van der Waals surface area contributed by atoms with Crippen LogP contribution in [0.4, 0.5) is 0 Å². The molecule has 13 heavy (non-hydrogen) atoms. The van der Waals surface area contributed by atoms with Crippen LogP contribution in [0.1, 0.15) is 32.1 Å². The molecule has 3 atom stereocenters. The lowest BCUT2D eigenvalue weighted by atomic mass is 9.74. The topological polar surface area (TPSA) is 38.3 Å². The number of carbonyl (C=O) groups excluding carboxylic acids is 1. The number of ether oxygens (including phenoxy) is 1. The molecule has 1 aliphatic heterocycles. The van der Waals surface area contributed by atoms with Crippen LogP contribution in [0.3, 0.4) is 0 Å². The van der Waals surface area contributed by atoms with Gasteiger partial charge >= 0.3 is 0 Å². The average Bonchev–Trinajstić information content (AvgIpc) is 2.19. The number of nitrogens with one attached hydrogen (secondary N) is 1. The molecule has 1 aliphatic carbocycles. The highest BCUT2D eigenvalue weighted by atomic mass is 16.5. The minimum atomic E-state index is -0.00319. The first-order chi connectivity index (χ1) is 6.42. The molecule has 0 bridgehead atoms. The van der Waals surface area contributed by atoms with Crippen molar-refractivity contribution < 1.29 is 9.53 Å². The molecule has 74 valence electrons. The first kappa shape index (κ1) is 9.00. The summed E-state index contributed by atoms with van der Waals surface area (Å²) in [6.07, 6.45) is 6.44. The van der Waals surface area contributed by atoms with Gasteiger partial charge in [-0.2, -0.15) is 0 Å². The summed E-state index contributed by atoms with van der Waals surface area (Å²) < 4.78 is 5.06. The van der Waals surface area contributed by atoms with Crippen LogP contribution in [0.15, 0.2) is 0 Å². The van der Waals surface area contributed by atoms with Gasteiger partial charge in [-0.1, -0.05) is 12.8 Å². The van der Waals surface area contributed by atoms with E-state index in [1.807, 2.05) is 0 Å². The van der Waals surface area contributed by atoms with Crippen LogP contribution in [-0.2, 0) is 9.53 Å². The van der Waals surface area contributed by atoms with Crippen molar-refractivity contribution in [2.45, 2.75) is 38.3 Å². The quantitative estimate of drug-likeness (QED) is 0.655. The fraction of sp³-hybridized carbons (Fsp3) is 0.900. The van der Waals surface area contributed by atoms with Crippen molar-refractivity contribution in [2.75, 3.05) is 6.54 Å². The lowest BCUT2D eigenvalue weighted by Gasteiger charge is -2.40. The normalized spacial score (nSPS) is 39.2. The predicted octanol–water partition coefficient (Wildman–Crippen LogP) is 1.29. The van der Waals surface area contributed by atoms with Gasteiger partial charge in [0.25, 0.3) is 6.47 Å². The molecule has 2 rings (SSSR count). The number of rotatable bonds is 2. The Bertz CT molecular complexity index is 182. The minimum absolute atomic E-state index is 0.00319. The van der Waals surface area contributed by atoms with Gasteiger partial charge in [0.1, 0.15) is 0 Å². The van der Waals surface area contributed by atoms with Gasteiger partial charge in [0.05, 0.1) is 0 Å². The summed E-state index contributed by atoms with van der Waals surface area (Å²) in [6.45, 7) is 1.58. The van der Waals surface area contributed by atoms with Gasteiger partial charge < -0.3 is 4.74 Å². The van der Waals surface area contributed by atoms with Crippen LogP contribution in [0.2, 0.25) is 0 Å². The minimum Gasteiger partial charge on any atom is -0.448 e. The van der Waals surface area contributed by atoms with E-state index in [1.54, 1.807) is 0 Å². The molecule has 0 aromatic rings. The third kappa shape index (κ3) is 1.85. The molecule has 0 amide bonds. The molecule has 3 unspecified atom stereocenters. The monoisotopic (exact) mass is 183 g/mol. The molecule has 1 N–H and O–H groups in total. The molecule has 3 nitrogen and oxygen atoms in total. The maximum Gasteiger partial charge on any atom is 0.294 e. The summed E-state index contributed by atoms with van der Waals surface area (Å²) in [6, 6.07) is 0. The van der Waals surface area contributed by atoms with E-state index in [2.05, 4.69) is 5.32 Å². The molecular formula is C10H17NO2. The number of hydrogen-bond donors (Lipinski definition) is 1. The van der Waals surface area contributed by atoms with Crippen LogP contribution < -0.4 is 5.32 Å². The SMILES string of the molecule is O=COC1NCCC2CCCCC21. The Morgan fingerprint density at radius 3 is 2.92 bits per heavy atom. The van der Waals surface area contributed by atoms with E-state index in [9.17, 15) is 4.79 Å². The van der Waals surface area contributed by atoms with Crippen molar-refractivity contribution in [1.29, 1.82) is 0 Å². The zero-order chi connectivity index (χ0) is 9.10. The second-order valence-electron chi connectivity index (χ2n) is 4.10. The third-order valence-corrected chi connectivity index (χ3v) is 3.42. The Kier molecular flexibility index (Phi) is 2.83. The number of fused-ring (bicyclic) bond motifs is 1. The summed E-state index contributed by atoms with van der Waals surface area (Å²) in [5.41, 5.74) is 0. The molecule has 0 aromatic carbocycles. The van der Waals surface area contributed by atoms with Gasteiger partial charge in [-0.3, -0.25) is 10.1 Å². The maximum atomic E-state index is 10.3. The van der Waals surface area contributed by atoms with Crippen molar-refractivity contribution in [3.05, 3.63) is 0 Å². The highest BCUT2D eigenvalue weighted by molar-refractivity contribution is 5.37. The standard InChI is InChI=1S/C10H17NO2/c12-7-13-10-9-4-2-1-3-8(9)5-6-11-10/h7-11H,1-6H2. The predicted molar refractivity (Wildman–Crippen MR) is 49.0 cm³/mol. The van der Waals surface area contributed by atoms with Crippen LogP contribution in [0.25, 0.3) is 0 Å². The van der Waals surface area contributed by atoms with Gasteiger partial charge in [0.15, 0.2) is 6.23 Å². The van der Waals surface area contributed by atoms with E-state index in [4.69, 9.17) is 4.74 Å². The second kappa shape index (κ2) is 4.09. The Balaban J connectivity index is 1.98. The van der Waals surface area contributed by atoms with Gasteiger partial charge in [-0.15, -0.1) is 0 Å². The molecule has 1 heterocycles. The smallest absolute Gasteiger partial charge is 0.294 e. The van der Waals surface area contributed by atoms with Gasteiger partial charge in [-0.25, -0.2) is 0 Å². The van der Waals surface area contributed by atoms with E-state index in [1.165, 1.54) is 32.1 Å². The fourth-order valence-corrected chi connectivity index (χ4v) is 2.76. The molecule has 3 heteroatoms. The zero-order valence-electron chi connectivity index (χ0n) is 7.87. The lowest BCUT2D eigenvalue weighted by Crippen LogP contribution is -2.48. The number of carbonyl (C=O) groups is 1. The first-order valence-electron chi connectivity index (χ1n) is 5.24. The Hall–Kier alpha value is -0.570. The molecule has 0 spiro atoms. The van der Waals surface area contributed by atoms with Gasteiger partial charge in [-0.05, 0) is 31.7 Å². The van der Waals surface area contributed by atoms with E-state index in [0.717, 1.165) is 12.5 Å². The average molecular weight is 183 g/mol. The second-order valence-corrected chi connectivity index (χ2v) is 4.10. The van der Waals surface area contributed by atoms with Crippen molar-refractivity contribution in [3.63, 3.8) is 0 Å². The van der Waals surface area contributed by atoms with Gasteiger partial charge in [0.2, 0.25) is 0 Å². The Morgan fingerprint density at radius 2 is 2.08 bits per heavy atom. The molecule has 0 aromatic heterocycles. The number of hydrogen-bond acceptors (Lipinski definition) is 3. The Morgan fingerprint density at radius 1 is 1.23 bits per heavy atom. The van der Waals surface area contributed by atoms with Crippen LogP contribution in [-0.4, -0.2) is 19.2 Å². The molecule has 0 radical (unpaired) electrons. The Labute approximate surface area is 78.8 Å². The van der Waals surface area contributed by atoms with E-state index >= 15 is 0 Å². The van der Waals surface area contributed by atoms with E-state index < -0.39 is 0 Å². The van der Waals surface area contributed by atoms with Crippen molar-refractivity contribution in [1.82, 2.24) is 5.32 Å². The van der Waals surface area contributed by atoms with Crippen molar-refractivity contribution in [3.8, 4) is 0 Å². The van der Waals surface area contributed by atoms with Crippen molar-refractivity contribution in [2.24, 2.45) is 11.8 Å². The largest absolute Gasteiger partial charge is 0.448 e. The van der Waals surface area contributed by atoms with Gasteiger partial charge in [0, 0.05) is 5.92 Å². The molecular weight excluding hydrogens is 166 g/mol. The highest BCUT2D eigenvalue weighted by Crippen LogP contribution is 2.36. The first-order valence-corrected chi connectivity index (χ1v) is 5.24. The highest BCUT2D eigenvalue weighted by Gasteiger charge is 2.35. The summed E-state index contributed by atoms with van der Waals surface area (Å²) in [5, 5.41) is 3.27. The molecule has 2 fully saturated rings. The fourth-order valence-electron chi connectivity index (χ4n) is 2.76. The van der Waals surface area contributed by atoms with Crippen LogP contribution in [0, 0.1) is 11.8 Å². The van der Waals surface area contributed by atoms with Crippen LogP contribution >= 0.6 is 0 Å². The third-order valence-electron chi connectivity index (χ3n) is 3.42. The van der Waals surface area contributed by atoms with Crippen molar-refractivity contribution >= 4 is 6.47 Å². The molecule has 1 saturated heterocycles. The van der Waals surface area contributed by atoms with Crippen LogP contribution in [0.5, 0.6) is 0 Å². The summed E-state index contributed by atoms with van der Waals surface area (Å²) in [5.74, 6) is 1.37. The summed E-state index contributed by atoms with van der Waals surface area (Å²) in [4.78, 5) is 10.3. The molecule has 1 saturated carbocycles. The lowest BCUT2D eigenvalue weighted by molar-refractivity contribution is -0.142. The maximum absolute atomic E-state index is 10.3. The number of piperidine rings is 1. The summed E-state index contributed by atoms with van der Waals surface area (Å²) in [7, 11) is 0. The summed E-state index contributed by atoms with van der Waals surface area (Å²) >= 11 is 0.